The highest BCUT2D eigenvalue weighted by molar-refractivity contribution is 5.83. The SMILES string of the molecule is Cn1cc(-c2cnc(N)c(-c3nc4ccc(Cc5ccccc5)cc4[nH]3)c2)cn1. The van der Waals surface area contributed by atoms with Crippen LogP contribution in [0, 0.1) is 0 Å². The van der Waals surface area contributed by atoms with Gasteiger partial charge >= 0.3 is 0 Å². The molecule has 0 aliphatic carbocycles. The molecule has 6 heteroatoms. The van der Waals surface area contributed by atoms with Gasteiger partial charge in [0.2, 0.25) is 0 Å². The Labute approximate surface area is 168 Å². The Morgan fingerprint density at radius 3 is 2.62 bits per heavy atom. The predicted octanol–water partition coefficient (Wildman–Crippen LogP) is 4.20. The predicted molar refractivity (Wildman–Crippen MR) is 115 cm³/mol. The van der Waals surface area contributed by atoms with E-state index in [0.29, 0.717) is 11.6 Å². The molecule has 0 aliphatic rings. The third-order valence-corrected chi connectivity index (χ3v) is 5.01. The van der Waals surface area contributed by atoms with Gasteiger partial charge in [0.25, 0.3) is 0 Å². The van der Waals surface area contributed by atoms with E-state index in [1.54, 1.807) is 10.9 Å². The van der Waals surface area contributed by atoms with Crippen molar-refractivity contribution < 1.29 is 0 Å². The van der Waals surface area contributed by atoms with E-state index >= 15 is 0 Å². The third kappa shape index (κ3) is 3.36. The van der Waals surface area contributed by atoms with Gasteiger partial charge in [-0.2, -0.15) is 5.10 Å². The number of H-pyrrole nitrogens is 1. The average molecular weight is 380 g/mol. The van der Waals surface area contributed by atoms with Crippen molar-refractivity contribution in [2.45, 2.75) is 6.42 Å². The normalized spacial score (nSPS) is 11.2. The molecular formula is C23H20N6. The summed E-state index contributed by atoms with van der Waals surface area (Å²) in [6.07, 6.45) is 6.40. The number of pyridine rings is 1. The summed E-state index contributed by atoms with van der Waals surface area (Å²) >= 11 is 0. The van der Waals surface area contributed by atoms with Gasteiger partial charge < -0.3 is 10.7 Å². The van der Waals surface area contributed by atoms with Crippen LogP contribution in [0.1, 0.15) is 11.1 Å². The summed E-state index contributed by atoms with van der Waals surface area (Å²) < 4.78 is 1.76. The molecule has 2 aromatic carbocycles. The minimum Gasteiger partial charge on any atom is -0.383 e. The molecule has 29 heavy (non-hydrogen) atoms. The van der Waals surface area contributed by atoms with Crippen LogP contribution < -0.4 is 5.73 Å². The Kier molecular flexibility index (Phi) is 4.09. The summed E-state index contributed by atoms with van der Waals surface area (Å²) in [5.41, 5.74) is 13.3. The highest BCUT2D eigenvalue weighted by Crippen LogP contribution is 2.29. The Bertz CT molecular complexity index is 1300. The second-order valence-electron chi connectivity index (χ2n) is 7.16. The number of aromatic amines is 1. The van der Waals surface area contributed by atoms with Crippen LogP contribution in [-0.2, 0) is 13.5 Å². The van der Waals surface area contributed by atoms with Gasteiger partial charge in [0.1, 0.15) is 11.6 Å². The number of nitrogens with one attached hydrogen (secondary N) is 1. The number of hydrogen-bond acceptors (Lipinski definition) is 4. The number of imidazole rings is 1. The van der Waals surface area contributed by atoms with Gasteiger partial charge in [0, 0.05) is 30.6 Å². The lowest BCUT2D eigenvalue weighted by molar-refractivity contribution is 0.768. The van der Waals surface area contributed by atoms with Crippen LogP contribution in [-0.4, -0.2) is 24.7 Å². The lowest BCUT2D eigenvalue weighted by atomic mass is 10.0. The Balaban J connectivity index is 1.52. The minimum atomic E-state index is 0.446. The highest BCUT2D eigenvalue weighted by Gasteiger charge is 2.12. The first-order chi connectivity index (χ1) is 14.2. The molecule has 0 radical (unpaired) electrons. The molecule has 5 rings (SSSR count). The second-order valence-corrected chi connectivity index (χ2v) is 7.16. The van der Waals surface area contributed by atoms with E-state index in [0.717, 1.165) is 34.1 Å². The molecule has 5 aromatic rings. The number of benzene rings is 2. The first-order valence-corrected chi connectivity index (χ1v) is 9.43. The second kappa shape index (κ2) is 6.91. The maximum absolute atomic E-state index is 6.17. The van der Waals surface area contributed by atoms with Crippen molar-refractivity contribution >= 4 is 16.9 Å². The number of nitrogens with zero attached hydrogens (tertiary/aromatic N) is 4. The number of anilines is 1. The zero-order valence-electron chi connectivity index (χ0n) is 16.0. The Morgan fingerprint density at radius 2 is 1.83 bits per heavy atom. The van der Waals surface area contributed by atoms with Crippen molar-refractivity contribution in [3.05, 3.63) is 84.3 Å². The van der Waals surface area contributed by atoms with E-state index in [9.17, 15) is 0 Å². The van der Waals surface area contributed by atoms with Crippen molar-refractivity contribution in [1.82, 2.24) is 24.7 Å². The lowest BCUT2D eigenvalue weighted by Crippen LogP contribution is -1.95. The summed E-state index contributed by atoms with van der Waals surface area (Å²) in [6.45, 7) is 0. The van der Waals surface area contributed by atoms with Crippen LogP contribution in [0.2, 0.25) is 0 Å². The van der Waals surface area contributed by atoms with Crippen molar-refractivity contribution in [3.63, 3.8) is 0 Å². The van der Waals surface area contributed by atoms with Gasteiger partial charge in [-0.25, -0.2) is 9.97 Å². The molecular weight excluding hydrogens is 360 g/mol. The Morgan fingerprint density at radius 1 is 0.966 bits per heavy atom. The first-order valence-electron chi connectivity index (χ1n) is 9.43. The van der Waals surface area contributed by atoms with Crippen LogP contribution in [0.4, 0.5) is 5.82 Å². The van der Waals surface area contributed by atoms with E-state index in [-0.39, 0.29) is 0 Å². The number of fused-ring (bicyclic) bond motifs is 1. The number of nitrogen functional groups attached to an aromatic ring is 1. The van der Waals surface area contributed by atoms with Crippen molar-refractivity contribution in [3.8, 4) is 22.5 Å². The molecule has 142 valence electrons. The summed E-state index contributed by atoms with van der Waals surface area (Å²) in [5.74, 6) is 1.16. The van der Waals surface area contributed by atoms with Crippen LogP contribution >= 0.6 is 0 Å². The maximum Gasteiger partial charge on any atom is 0.142 e. The van der Waals surface area contributed by atoms with E-state index in [2.05, 4.69) is 51.5 Å². The van der Waals surface area contributed by atoms with Crippen LogP contribution in [0.25, 0.3) is 33.5 Å². The molecule has 0 amide bonds. The van der Waals surface area contributed by atoms with Gasteiger partial charge in [0.05, 0.1) is 22.8 Å². The molecule has 0 unspecified atom stereocenters. The molecule has 6 nitrogen and oxygen atoms in total. The van der Waals surface area contributed by atoms with E-state index in [4.69, 9.17) is 10.7 Å². The van der Waals surface area contributed by atoms with Gasteiger partial charge in [0.15, 0.2) is 0 Å². The number of hydrogen-bond donors (Lipinski definition) is 2. The van der Waals surface area contributed by atoms with E-state index in [1.807, 2.05) is 37.6 Å². The monoisotopic (exact) mass is 380 g/mol. The summed E-state index contributed by atoms with van der Waals surface area (Å²) in [4.78, 5) is 12.5. The number of aromatic nitrogens is 5. The molecule has 0 aliphatic heterocycles. The topological polar surface area (TPSA) is 85.4 Å². The van der Waals surface area contributed by atoms with Gasteiger partial charge in [-0.1, -0.05) is 36.4 Å². The maximum atomic E-state index is 6.17. The molecule has 3 aromatic heterocycles. The van der Waals surface area contributed by atoms with Gasteiger partial charge in [-0.15, -0.1) is 0 Å². The zero-order valence-corrected chi connectivity index (χ0v) is 16.0. The molecule has 0 fully saturated rings. The number of nitrogens with two attached hydrogens (primary N) is 1. The number of aryl methyl sites for hydroxylation is 1. The molecule has 3 N–H and O–H groups in total. The average Bonchev–Trinajstić information content (AvgIpc) is 3.35. The third-order valence-electron chi connectivity index (χ3n) is 5.01. The molecule has 3 heterocycles. The van der Waals surface area contributed by atoms with E-state index in [1.165, 1.54) is 11.1 Å². The fraction of sp³-hybridized carbons (Fsp3) is 0.0870. The van der Waals surface area contributed by atoms with Crippen LogP contribution in [0.3, 0.4) is 0 Å². The van der Waals surface area contributed by atoms with E-state index < -0.39 is 0 Å². The molecule has 0 saturated carbocycles. The van der Waals surface area contributed by atoms with Crippen molar-refractivity contribution in [1.29, 1.82) is 0 Å². The summed E-state index contributed by atoms with van der Waals surface area (Å²) in [5, 5.41) is 4.23. The largest absolute Gasteiger partial charge is 0.383 e. The Hall–Kier alpha value is -3.93. The summed E-state index contributed by atoms with van der Waals surface area (Å²) in [7, 11) is 1.89. The van der Waals surface area contributed by atoms with Crippen LogP contribution in [0.5, 0.6) is 0 Å². The standard InChI is InChI=1S/C23H20N6/c1-29-14-18(13-26-29)17-11-19(22(24)25-12-17)23-27-20-8-7-16(10-21(20)28-23)9-15-5-3-2-4-6-15/h2-8,10-14H,9H2,1H3,(H2,24,25)(H,27,28). The molecule has 0 saturated heterocycles. The van der Waals surface area contributed by atoms with Crippen molar-refractivity contribution in [2.24, 2.45) is 7.05 Å². The minimum absolute atomic E-state index is 0.446. The number of rotatable bonds is 4. The highest BCUT2D eigenvalue weighted by atomic mass is 15.2. The fourth-order valence-corrected chi connectivity index (χ4v) is 3.52. The molecule has 0 bridgehead atoms. The zero-order chi connectivity index (χ0) is 19.8. The van der Waals surface area contributed by atoms with Gasteiger partial charge in [-0.3, -0.25) is 4.68 Å². The quantitative estimate of drug-likeness (QED) is 0.489. The lowest BCUT2D eigenvalue weighted by Gasteiger charge is -2.04. The summed E-state index contributed by atoms with van der Waals surface area (Å²) in [6, 6.07) is 18.7. The molecule has 0 spiro atoms. The first kappa shape index (κ1) is 17.2. The smallest absolute Gasteiger partial charge is 0.142 e. The van der Waals surface area contributed by atoms with Gasteiger partial charge in [-0.05, 0) is 35.7 Å². The molecule has 0 atom stereocenters. The van der Waals surface area contributed by atoms with Crippen LogP contribution in [0.15, 0.2) is 73.2 Å². The fourth-order valence-electron chi connectivity index (χ4n) is 3.52. The van der Waals surface area contributed by atoms with Crippen molar-refractivity contribution in [2.75, 3.05) is 5.73 Å².